The molecule has 4 nitrogen and oxygen atoms in total. The number of halogens is 1. The third-order valence-electron chi connectivity index (χ3n) is 3.84. The molecule has 1 aromatic carbocycles. The third kappa shape index (κ3) is 3.60. The zero-order valence-electron chi connectivity index (χ0n) is 11.4. The Balaban J connectivity index is 1.92. The Kier molecular flexibility index (Phi) is 4.81. The molecule has 5 heteroatoms. The summed E-state index contributed by atoms with van der Waals surface area (Å²) in [5, 5.41) is 8.98. The zero-order valence-corrected chi connectivity index (χ0v) is 13.0. The maximum absolute atomic E-state index is 12.3. The monoisotopic (exact) mass is 339 g/mol. The number of carbonyl (C=O) groups is 2. The highest BCUT2D eigenvalue weighted by Crippen LogP contribution is 2.32. The van der Waals surface area contributed by atoms with Gasteiger partial charge in [0.15, 0.2) is 0 Å². The maximum atomic E-state index is 12.3. The molecule has 108 valence electrons. The topological polar surface area (TPSA) is 57.6 Å². The predicted octanol–water partition coefficient (Wildman–Crippen LogP) is 2.91. The summed E-state index contributed by atoms with van der Waals surface area (Å²) in [7, 11) is 1.78. The molecular formula is C15H18BrNO3. The summed E-state index contributed by atoms with van der Waals surface area (Å²) < 4.78 is 1.01. The third-order valence-corrected chi connectivity index (χ3v) is 4.37. The summed E-state index contributed by atoms with van der Waals surface area (Å²) in [6.45, 7) is 0.556. The number of hydrogen-bond donors (Lipinski definition) is 1. The van der Waals surface area contributed by atoms with Gasteiger partial charge >= 0.3 is 5.97 Å². The van der Waals surface area contributed by atoms with Crippen LogP contribution in [0.15, 0.2) is 28.7 Å². The lowest BCUT2D eigenvalue weighted by Gasteiger charge is -2.21. The second-order valence-electron chi connectivity index (χ2n) is 5.37. The van der Waals surface area contributed by atoms with Gasteiger partial charge in [-0.2, -0.15) is 0 Å². The van der Waals surface area contributed by atoms with E-state index in [0.29, 0.717) is 25.8 Å². The summed E-state index contributed by atoms with van der Waals surface area (Å²) >= 11 is 3.38. The molecule has 0 radical (unpaired) electrons. The number of nitrogens with zero attached hydrogens (tertiary/aromatic N) is 1. The largest absolute Gasteiger partial charge is 0.481 e. The van der Waals surface area contributed by atoms with E-state index in [-0.39, 0.29) is 17.7 Å². The highest BCUT2D eigenvalue weighted by atomic mass is 79.9. The van der Waals surface area contributed by atoms with Crippen molar-refractivity contribution in [2.24, 2.45) is 11.8 Å². The summed E-state index contributed by atoms with van der Waals surface area (Å²) in [5.74, 6) is -1.23. The summed E-state index contributed by atoms with van der Waals surface area (Å²) in [6, 6.07) is 7.85. The highest BCUT2D eigenvalue weighted by molar-refractivity contribution is 9.10. The molecule has 1 aromatic rings. The number of hydrogen-bond acceptors (Lipinski definition) is 2. The number of aliphatic carboxylic acids is 1. The summed E-state index contributed by atoms with van der Waals surface area (Å²) in [6.07, 6.45) is 1.76. The number of carboxylic acid groups (broad SMARTS) is 1. The van der Waals surface area contributed by atoms with Gasteiger partial charge in [-0.05, 0) is 37.0 Å². The van der Waals surface area contributed by atoms with E-state index in [2.05, 4.69) is 15.9 Å². The van der Waals surface area contributed by atoms with Crippen molar-refractivity contribution in [1.29, 1.82) is 0 Å². The molecule has 1 amide bonds. The first kappa shape index (κ1) is 15.0. The summed E-state index contributed by atoms with van der Waals surface area (Å²) in [4.78, 5) is 24.9. The predicted molar refractivity (Wildman–Crippen MR) is 79.1 cm³/mol. The summed E-state index contributed by atoms with van der Waals surface area (Å²) in [5.41, 5.74) is 1.07. The van der Waals surface area contributed by atoms with Gasteiger partial charge in [-0.25, -0.2) is 0 Å². The second kappa shape index (κ2) is 6.39. The molecule has 0 aromatic heterocycles. The van der Waals surface area contributed by atoms with Gasteiger partial charge in [-0.3, -0.25) is 9.59 Å². The van der Waals surface area contributed by atoms with Crippen LogP contribution in [0.5, 0.6) is 0 Å². The van der Waals surface area contributed by atoms with Crippen LogP contribution in [0.1, 0.15) is 24.8 Å². The quantitative estimate of drug-likeness (QED) is 0.917. The number of amides is 1. The van der Waals surface area contributed by atoms with Gasteiger partial charge in [0.25, 0.3) is 0 Å². The lowest BCUT2D eigenvalue weighted by atomic mass is 10.0. The minimum Gasteiger partial charge on any atom is -0.481 e. The molecule has 1 aliphatic rings. The molecule has 1 N–H and O–H groups in total. The van der Waals surface area contributed by atoms with Crippen molar-refractivity contribution in [3.63, 3.8) is 0 Å². The van der Waals surface area contributed by atoms with Gasteiger partial charge in [0.05, 0.1) is 5.92 Å². The van der Waals surface area contributed by atoms with Gasteiger partial charge in [-0.15, -0.1) is 0 Å². The van der Waals surface area contributed by atoms with E-state index in [9.17, 15) is 9.59 Å². The number of rotatable bonds is 4. The fraction of sp³-hybridized carbons (Fsp3) is 0.467. The molecule has 0 heterocycles. The molecule has 0 bridgehead atoms. The number of carbonyl (C=O) groups excluding carboxylic acids is 1. The van der Waals surface area contributed by atoms with E-state index < -0.39 is 5.97 Å². The van der Waals surface area contributed by atoms with Crippen molar-refractivity contribution in [3.05, 3.63) is 34.3 Å². The van der Waals surface area contributed by atoms with Crippen molar-refractivity contribution in [1.82, 2.24) is 4.90 Å². The standard InChI is InChI=1S/C15H18BrNO3/c1-17(9-10-2-6-13(16)7-3-10)14(18)11-4-5-12(8-11)15(19)20/h2-3,6-7,11-12H,4-5,8-9H2,1H3,(H,19,20). The average Bonchev–Trinajstić information content (AvgIpc) is 2.90. The smallest absolute Gasteiger partial charge is 0.306 e. The van der Waals surface area contributed by atoms with Crippen LogP contribution in [0.25, 0.3) is 0 Å². The molecule has 1 aliphatic carbocycles. The molecule has 0 aliphatic heterocycles. The minimum absolute atomic E-state index is 0.0525. The van der Waals surface area contributed by atoms with E-state index >= 15 is 0 Å². The van der Waals surface area contributed by atoms with Crippen molar-refractivity contribution in [3.8, 4) is 0 Å². The van der Waals surface area contributed by atoms with Gasteiger partial charge in [0, 0.05) is 24.0 Å². The Hall–Kier alpha value is -1.36. The Labute approximate surface area is 126 Å². The van der Waals surface area contributed by atoms with Gasteiger partial charge in [0.2, 0.25) is 5.91 Å². The van der Waals surface area contributed by atoms with E-state index in [1.807, 2.05) is 24.3 Å². The zero-order chi connectivity index (χ0) is 14.7. The Morgan fingerprint density at radius 1 is 1.25 bits per heavy atom. The van der Waals surface area contributed by atoms with Crippen LogP contribution in [0.2, 0.25) is 0 Å². The van der Waals surface area contributed by atoms with E-state index in [4.69, 9.17) is 5.11 Å². The second-order valence-corrected chi connectivity index (χ2v) is 6.28. The Morgan fingerprint density at radius 3 is 2.40 bits per heavy atom. The molecule has 0 saturated heterocycles. The fourth-order valence-electron chi connectivity index (χ4n) is 2.68. The molecule has 2 atom stereocenters. The van der Waals surface area contributed by atoms with E-state index in [1.165, 1.54) is 0 Å². The SMILES string of the molecule is CN(Cc1ccc(Br)cc1)C(=O)C1CCC(C(=O)O)C1. The number of benzene rings is 1. The van der Waals surface area contributed by atoms with Gasteiger partial charge in [-0.1, -0.05) is 28.1 Å². The van der Waals surface area contributed by atoms with Gasteiger partial charge < -0.3 is 10.0 Å². The minimum atomic E-state index is -0.782. The lowest BCUT2D eigenvalue weighted by molar-refractivity contribution is -0.141. The van der Waals surface area contributed by atoms with Gasteiger partial charge in [0.1, 0.15) is 0 Å². The first-order chi connectivity index (χ1) is 9.47. The van der Waals surface area contributed by atoms with E-state index in [1.54, 1.807) is 11.9 Å². The van der Waals surface area contributed by atoms with Crippen molar-refractivity contribution >= 4 is 27.8 Å². The lowest BCUT2D eigenvalue weighted by Crippen LogP contribution is -2.31. The van der Waals surface area contributed by atoms with Crippen LogP contribution in [-0.4, -0.2) is 28.9 Å². The normalized spacial score (nSPS) is 21.7. The molecular weight excluding hydrogens is 322 g/mol. The van der Waals surface area contributed by atoms with Crippen LogP contribution in [0.3, 0.4) is 0 Å². The van der Waals surface area contributed by atoms with Crippen LogP contribution >= 0.6 is 15.9 Å². The molecule has 2 unspecified atom stereocenters. The highest BCUT2D eigenvalue weighted by Gasteiger charge is 2.35. The first-order valence-electron chi connectivity index (χ1n) is 6.69. The van der Waals surface area contributed by atoms with Crippen molar-refractivity contribution in [2.45, 2.75) is 25.8 Å². The van der Waals surface area contributed by atoms with Crippen molar-refractivity contribution in [2.75, 3.05) is 7.05 Å². The molecule has 2 rings (SSSR count). The van der Waals surface area contributed by atoms with E-state index in [0.717, 1.165) is 10.0 Å². The van der Waals surface area contributed by atoms with Crippen LogP contribution in [0, 0.1) is 11.8 Å². The number of carboxylic acids is 1. The first-order valence-corrected chi connectivity index (χ1v) is 7.49. The van der Waals surface area contributed by atoms with Crippen LogP contribution < -0.4 is 0 Å². The fourth-order valence-corrected chi connectivity index (χ4v) is 2.95. The molecule has 1 fully saturated rings. The molecule has 0 spiro atoms. The average molecular weight is 340 g/mol. The molecule has 20 heavy (non-hydrogen) atoms. The van der Waals surface area contributed by atoms with Crippen LogP contribution in [0.4, 0.5) is 0 Å². The Morgan fingerprint density at radius 2 is 1.85 bits per heavy atom. The Bertz CT molecular complexity index is 500. The van der Waals surface area contributed by atoms with Crippen molar-refractivity contribution < 1.29 is 14.7 Å². The maximum Gasteiger partial charge on any atom is 0.306 e. The molecule has 1 saturated carbocycles. The van der Waals surface area contributed by atoms with Crippen LogP contribution in [-0.2, 0) is 16.1 Å².